The van der Waals surface area contributed by atoms with Crippen LogP contribution in [-0.2, 0) is 6.54 Å². The van der Waals surface area contributed by atoms with Gasteiger partial charge in [-0.25, -0.2) is 0 Å². The molecule has 0 saturated heterocycles. The number of nitrogens with zero attached hydrogens (tertiary/aromatic N) is 1. The Morgan fingerprint density at radius 1 is 1.20 bits per heavy atom. The van der Waals surface area contributed by atoms with Crippen LogP contribution in [0.1, 0.15) is 37.4 Å². The molecular formula is C21H29N3O. The Hall–Kier alpha value is -2.20. The van der Waals surface area contributed by atoms with Gasteiger partial charge >= 0.3 is 0 Å². The summed E-state index contributed by atoms with van der Waals surface area (Å²) in [6.45, 7) is 7.40. The van der Waals surface area contributed by atoms with E-state index in [1.165, 1.54) is 17.5 Å². The minimum Gasteiger partial charge on any atom is -0.497 e. The van der Waals surface area contributed by atoms with Gasteiger partial charge in [0.25, 0.3) is 0 Å². The molecule has 0 saturated carbocycles. The highest BCUT2D eigenvalue weighted by Gasteiger charge is 2.25. The Balaban J connectivity index is 1.90. The first-order chi connectivity index (χ1) is 12.1. The SMILES string of the molecule is COc1ccc(C2CNc3c(N)cccc3CN2CCC(C)C)cc1. The Morgan fingerprint density at radius 3 is 2.64 bits per heavy atom. The highest BCUT2D eigenvalue weighted by atomic mass is 16.5. The first-order valence-corrected chi connectivity index (χ1v) is 9.07. The predicted molar refractivity (Wildman–Crippen MR) is 105 cm³/mol. The second-order valence-corrected chi connectivity index (χ2v) is 7.20. The van der Waals surface area contributed by atoms with Crippen molar-refractivity contribution in [2.75, 3.05) is 31.2 Å². The molecule has 3 N–H and O–H groups in total. The van der Waals surface area contributed by atoms with Crippen LogP contribution < -0.4 is 15.8 Å². The van der Waals surface area contributed by atoms with Gasteiger partial charge in [0.2, 0.25) is 0 Å². The van der Waals surface area contributed by atoms with Crippen LogP contribution >= 0.6 is 0 Å². The maximum atomic E-state index is 6.20. The lowest BCUT2D eigenvalue weighted by Gasteiger charge is -2.30. The maximum Gasteiger partial charge on any atom is 0.118 e. The van der Waals surface area contributed by atoms with E-state index in [2.05, 4.69) is 42.3 Å². The summed E-state index contributed by atoms with van der Waals surface area (Å²) in [6.07, 6.45) is 1.18. The van der Waals surface area contributed by atoms with E-state index >= 15 is 0 Å². The van der Waals surface area contributed by atoms with E-state index in [4.69, 9.17) is 10.5 Å². The summed E-state index contributed by atoms with van der Waals surface area (Å²) in [5.74, 6) is 1.58. The molecule has 25 heavy (non-hydrogen) atoms. The molecule has 1 atom stereocenters. The molecule has 2 aromatic rings. The molecule has 0 bridgehead atoms. The van der Waals surface area contributed by atoms with Gasteiger partial charge in [-0.05, 0) is 48.2 Å². The van der Waals surface area contributed by atoms with Crippen molar-refractivity contribution in [2.45, 2.75) is 32.9 Å². The van der Waals surface area contributed by atoms with Gasteiger partial charge in [0.1, 0.15) is 5.75 Å². The number of nitrogens with two attached hydrogens (primary N) is 1. The molecule has 2 aromatic carbocycles. The van der Waals surface area contributed by atoms with Crippen LogP contribution in [0.3, 0.4) is 0 Å². The third-order valence-corrected chi connectivity index (χ3v) is 4.96. The minimum atomic E-state index is 0.316. The highest BCUT2D eigenvalue weighted by Crippen LogP contribution is 2.33. The summed E-state index contributed by atoms with van der Waals surface area (Å²) in [7, 11) is 1.70. The lowest BCUT2D eigenvalue weighted by Crippen LogP contribution is -2.32. The first kappa shape index (κ1) is 17.6. The van der Waals surface area contributed by atoms with E-state index in [0.717, 1.165) is 36.8 Å². The van der Waals surface area contributed by atoms with E-state index in [-0.39, 0.29) is 0 Å². The summed E-state index contributed by atoms with van der Waals surface area (Å²) in [5.41, 5.74) is 10.7. The summed E-state index contributed by atoms with van der Waals surface area (Å²) < 4.78 is 5.31. The van der Waals surface area contributed by atoms with Crippen molar-refractivity contribution in [3.63, 3.8) is 0 Å². The summed E-state index contributed by atoms with van der Waals surface area (Å²) >= 11 is 0. The van der Waals surface area contributed by atoms with E-state index in [1.54, 1.807) is 7.11 Å². The molecule has 3 rings (SSSR count). The summed E-state index contributed by atoms with van der Waals surface area (Å²) in [6, 6.07) is 14.9. The number of rotatable bonds is 5. The number of nitrogen functional groups attached to an aromatic ring is 1. The molecule has 0 amide bonds. The van der Waals surface area contributed by atoms with Crippen molar-refractivity contribution >= 4 is 11.4 Å². The number of fused-ring (bicyclic) bond motifs is 1. The molecule has 4 nitrogen and oxygen atoms in total. The maximum absolute atomic E-state index is 6.20. The van der Waals surface area contributed by atoms with Gasteiger partial charge in [0.15, 0.2) is 0 Å². The molecule has 1 heterocycles. The molecule has 0 fully saturated rings. The number of para-hydroxylation sites is 1. The van der Waals surface area contributed by atoms with Gasteiger partial charge in [-0.15, -0.1) is 0 Å². The molecule has 0 aromatic heterocycles. The van der Waals surface area contributed by atoms with Crippen LogP contribution in [0.4, 0.5) is 11.4 Å². The Morgan fingerprint density at radius 2 is 1.96 bits per heavy atom. The number of hydrogen-bond donors (Lipinski definition) is 2. The van der Waals surface area contributed by atoms with Crippen LogP contribution in [0.5, 0.6) is 5.75 Å². The largest absolute Gasteiger partial charge is 0.497 e. The number of anilines is 2. The second-order valence-electron chi connectivity index (χ2n) is 7.20. The van der Waals surface area contributed by atoms with Crippen molar-refractivity contribution in [3.05, 3.63) is 53.6 Å². The van der Waals surface area contributed by atoms with E-state index in [0.29, 0.717) is 12.0 Å². The standard InChI is InChI=1S/C21H29N3O/c1-15(2)11-12-24-14-17-5-4-6-19(22)21(17)23-13-20(24)16-7-9-18(25-3)10-8-16/h4-10,15,20,23H,11-14,22H2,1-3H3. The van der Waals surface area contributed by atoms with Gasteiger partial charge in [-0.3, -0.25) is 4.90 Å². The van der Waals surface area contributed by atoms with Crippen LogP contribution in [-0.4, -0.2) is 25.1 Å². The van der Waals surface area contributed by atoms with E-state index in [9.17, 15) is 0 Å². The third-order valence-electron chi connectivity index (χ3n) is 4.96. The Kier molecular flexibility index (Phi) is 5.49. The average molecular weight is 339 g/mol. The van der Waals surface area contributed by atoms with E-state index in [1.807, 2.05) is 24.3 Å². The first-order valence-electron chi connectivity index (χ1n) is 9.07. The molecule has 0 spiro atoms. The zero-order valence-corrected chi connectivity index (χ0v) is 15.5. The average Bonchev–Trinajstić information content (AvgIpc) is 2.80. The molecule has 134 valence electrons. The molecule has 0 aliphatic carbocycles. The summed E-state index contributed by atoms with van der Waals surface area (Å²) in [4.78, 5) is 2.57. The van der Waals surface area contributed by atoms with Crippen LogP contribution in [0.2, 0.25) is 0 Å². The highest BCUT2D eigenvalue weighted by molar-refractivity contribution is 5.70. The molecule has 1 aliphatic heterocycles. The molecule has 4 heteroatoms. The monoisotopic (exact) mass is 339 g/mol. The molecule has 0 radical (unpaired) electrons. The second kappa shape index (κ2) is 7.79. The number of benzene rings is 2. The van der Waals surface area contributed by atoms with Crippen molar-refractivity contribution in [1.82, 2.24) is 4.90 Å². The zero-order chi connectivity index (χ0) is 17.8. The number of hydrogen-bond acceptors (Lipinski definition) is 4. The Labute approximate surface area is 151 Å². The molecular weight excluding hydrogens is 310 g/mol. The van der Waals surface area contributed by atoms with Gasteiger partial charge in [0, 0.05) is 13.1 Å². The van der Waals surface area contributed by atoms with Gasteiger partial charge < -0.3 is 15.8 Å². The van der Waals surface area contributed by atoms with Gasteiger partial charge in [-0.1, -0.05) is 38.1 Å². The van der Waals surface area contributed by atoms with Crippen LogP contribution in [0, 0.1) is 5.92 Å². The molecule has 1 aliphatic rings. The number of methoxy groups -OCH3 is 1. The number of nitrogens with one attached hydrogen (secondary N) is 1. The predicted octanol–water partition coefficient (Wildman–Crippen LogP) is 4.29. The quantitative estimate of drug-likeness (QED) is 0.798. The van der Waals surface area contributed by atoms with Gasteiger partial charge in [-0.2, -0.15) is 0 Å². The summed E-state index contributed by atoms with van der Waals surface area (Å²) in [5, 5.41) is 3.59. The Bertz CT molecular complexity index is 697. The van der Waals surface area contributed by atoms with Crippen molar-refractivity contribution in [2.24, 2.45) is 5.92 Å². The fourth-order valence-corrected chi connectivity index (χ4v) is 3.44. The fourth-order valence-electron chi connectivity index (χ4n) is 3.44. The smallest absolute Gasteiger partial charge is 0.118 e. The van der Waals surface area contributed by atoms with E-state index < -0.39 is 0 Å². The van der Waals surface area contributed by atoms with Crippen molar-refractivity contribution < 1.29 is 4.74 Å². The molecule has 1 unspecified atom stereocenters. The van der Waals surface area contributed by atoms with Crippen molar-refractivity contribution in [1.29, 1.82) is 0 Å². The number of ether oxygens (including phenoxy) is 1. The fraction of sp³-hybridized carbons (Fsp3) is 0.429. The van der Waals surface area contributed by atoms with Gasteiger partial charge in [0.05, 0.1) is 24.5 Å². The lowest BCUT2D eigenvalue weighted by atomic mass is 10.0. The normalized spacial score (nSPS) is 17.7. The zero-order valence-electron chi connectivity index (χ0n) is 15.5. The van der Waals surface area contributed by atoms with Crippen LogP contribution in [0.15, 0.2) is 42.5 Å². The lowest BCUT2D eigenvalue weighted by molar-refractivity contribution is 0.189. The minimum absolute atomic E-state index is 0.316. The topological polar surface area (TPSA) is 50.5 Å². The third kappa shape index (κ3) is 4.07. The van der Waals surface area contributed by atoms with Crippen LogP contribution in [0.25, 0.3) is 0 Å². The van der Waals surface area contributed by atoms with Crippen molar-refractivity contribution in [3.8, 4) is 5.75 Å².